The molecule has 0 saturated carbocycles. The van der Waals surface area contributed by atoms with Gasteiger partial charge in [0.05, 0.1) is 4.88 Å². The predicted octanol–water partition coefficient (Wildman–Crippen LogP) is 1.93. The Kier molecular flexibility index (Phi) is 7.34. The Hall–Kier alpha value is -2.85. The topological polar surface area (TPSA) is 104 Å². The number of nitrogens with zero attached hydrogens (tertiary/aromatic N) is 3. The molecule has 0 saturated heterocycles. The number of fused-ring (bicyclic) bond motifs is 1. The fraction of sp³-hybridized carbons (Fsp3) is 0.0909. The van der Waals surface area contributed by atoms with Crippen LogP contribution in [0.15, 0.2) is 73.1 Å². The summed E-state index contributed by atoms with van der Waals surface area (Å²) in [5, 5.41) is 0. The second kappa shape index (κ2) is 9.97. The van der Waals surface area contributed by atoms with E-state index in [1.807, 2.05) is 26.2 Å². The van der Waals surface area contributed by atoms with Gasteiger partial charge < -0.3 is 4.90 Å². The van der Waals surface area contributed by atoms with Crippen molar-refractivity contribution in [3.8, 4) is 10.4 Å². The van der Waals surface area contributed by atoms with Gasteiger partial charge in [-0.05, 0) is 45.7 Å². The van der Waals surface area contributed by atoms with Gasteiger partial charge in [0.15, 0.2) is 5.69 Å². The second-order valence-corrected chi connectivity index (χ2v) is 8.63. The van der Waals surface area contributed by atoms with E-state index in [2.05, 4.69) is 82.4 Å². The SMILES string of the molecule is CN(C)c1ccc(/C=C/c2cc[n+]3cc(-c4ccccc4)sc3n2)cc1.[O-][Cl+](O)(O)O. The van der Waals surface area contributed by atoms with Crippen LogP contribution in [0.3, 0.4) is 0 Å². The molecule has 0 radical (unpaired) electrons. The molecule has 162 valence electrons. The number of benzene rings is 2. The summed E-state index contributed by atoms with van der Waals surface area (Å²) in [4.78, 5) is 9.08. The fourth-order valence-electron chi connectivity index (χ4n) is 2.74. The maximum atomic E-state index is 8.83. The van der Waals surface area contributed by atoms with Crippen molar-refractivity contribution in [3.63, 3.8) is 0 Å². The average molecular weight is 461 g/mol. The third-order valence-corrected chi connectivity index (χ3v) is 5.27. The summed E-state index contributed by atoms with van der Waals surface area (Å²) in [5.41, 5.74) is 4.55. The van der Waals surface area contributed by atoms with Gasteiger partial charge in [0.25, 0.3) is 0 Å². The van der Waals surface area contributed by atoms with E-state index in [4.69, 9.17) is 23.6 Å². The van der Waals surface area contributed by atoms with Crippen LogP contribution in [0.4, 0.5) is 5.69 Å². The fourth-order valence-corrected chi connectivity index (χ4v) is 3.73. The van der Waals surface area contributed by atoms with Gasteiger partial charge in [-0.1, -0.05) is 48.5 Å². The Balaban J connectivity index is 0.000000491. The zero-order chi connectivity index (χ0) is 22.4. The minimum absolute atomic E-state index is 0.961. The van der Waals surface area contributed by atoms with Gasteiger partial charge in [0.1, 0.15) is 12.4 Å². The zero-order valence-electron chi connectivity index (χ0n) is 17.0. The quantitative estimate of drug-likeness (QED) is 0.402. The van der Waals surface area contributed by atoms with Crippen molar-refractivity contribution in [1.29, 1.82) is 0 Å². The van der Waals surface area contributed by atoms with E-state index in [0.29, 0.717) is 0 Å². The number of rotatable bonds is 4. The van der Waals surface area contributed by atoms with Crippen LogP contribution in [-0.2, 0) is 0 Å². The Morgan fingerprint density at radius 3 is 2.23 bits per heavy atom. The number of aromatic nitrogens is 2. The van der Waals surface area contributed by atoms with E-state index in [1.54, 1.807) is 11.3 Å². The van der Waals surface area contributed by atoms with E-state index in [9.17, 15) is 0 Å². The van der Waals surface area contributed by atoms with Crippen LogP contribution in [0.5, 0.6) is 0 Å². The van der Waals surface area contributed by atoms with Gasteiger partial charge in [0.2, 0.25) is 0 Å². The number of halogens is 1. The predicted molar refractivity (Wildman–Crippen MR) is 117 cm³/mol. The molecule has 2 aromatic carbocycles. The molecule has 4 rings (SSSR count). The first-order valence-electron chi connectivity index (χ1n) is 9.18. The summed E-state index contributed by atoms with van der Waals surface area (Å²) < 4.78 is 32.3. The molecule has 4 aromatic rings. The van der Waals surface area contributed by atoms with Crippen LogP contribution in [-0.4, -0.2) is 33.1 Å². The van der Waals surface area contributed by atoms with Gasteiger partial charge in [-0.25, -0.2) is 0 Å². The Morgan fingerprint density at radius 2 is 1.61 bits per heavy atom. The van der Waals surface area contributed by atoms with Crippen LogP contribution >= 0.6 is 11.3 Å². The normalized spacial score (nSPS) is 11.9. The molecular weight excluding hydrogens is 438 g/mol. The summed E-state index contributed by atoms with van der Waals surface area (Å²) in [5.74, 6) is 0. The molecule has 0 fully saturated rings. The van der Waals surface area contributed by atoms with E-state index >= 15 is 0 Å². The molecule has 2 aromatic heterocycles. The van der Waals surface area contributed by atoms with Crippen LogP contribution in [0.25, 0.3) is 27.6 Å². The first-order valence-corrected chi connectivity index (χ1v) is 11.3. The average Bonchev–Trinajstić information content (AvgIpc) is 3.15. The molecule has 0 amide bonds. The first kappa shape index (κ1) is 22.8. The second-order valence-electron chi connectivity index (χ2n) is 6.76. The van der Waals surface area contributed by atoms with Gasteiger partial charge in [-0.3, -0.25) is 0 Å². The zero-order valence-corrected chi connectivity index (χ0v) is 18.5. The monoisotopic (exact) mass is 460 g/mol. The summed E-state index contributed by atoms with van der Waals surface area (Å²) in [6.07, 6.45) is 8.37. The van der Waals surface area contributed by atoms with Gasteiger partial charge in [-0.15, -0.1) is 0 Å². The van der Waals surface area contributed by atoms with Gasteiger partial charge >= 0.3 is 33.8 Å². The summed E-state index contributed by atoms with van der Waals surface area (Å²) in [6, 6.07) is 21.0. The van der Waals surface area contributed by atoms with E-state index in [-0.39, 0.29) is 0 Å². The van der Waals surface area contributed by atoms with Crippen LogP contribution < -0.4 is 14.0 Å². The summed E-state index contributed by atoms with van der Waals surface area (Å²) in [6.45, 7) is 0. The van der Waals surface area contributed by atoms with Crippen molar-refractivity contribution >= 4 is 34.1 Å². The number of hydrogen-bond acceptors (Lipinski definition) is 7. The van der Waals surface area contributed by atoms with Crippen molar-refractivity contribution in [1.82, 2.24) is 4.98 Å². The molecule has 2 heterocycles. The number of anilines is 1. The molecule has 9 heteroatoms. The maximum absolute atomic E-state index is 8.83. The molecule has 0 unspecified atom stereocenters. The van der Waals surface area contributed by atoms with E-state index < -0.39 is 10.2 Å². The summed E-state index contributed by atoms with van der Waals surface area (Å²) >= 11 is 1.70. The molecular formula is C22H23ClN3O4S+. The van der Waals surface area contributed by atoms with Gasteiger partial charge in [-0.2, -0.15) is 4.40 Å². The van der Waals surface area contributed by atoms with Crippen molar-refractivity contribution in [2.45, 2.75) is 0 Å². The van der Waals surface area contributed by atoms with E-state index in [1.165, 1.54) is 21.7 Å². The molecule has 0 spiro atoms. The Bertz CT molecular complexity index is 1150. The van der Waals surface area contributed by atoms with E-state index in [0.717, 1.165) is 10.7 Å². The third-order valence-electron chi connectivity index (χ3n) is 4.22. The molecule has 0 aliphatic heterocycles. The molecule has 7 nitrogen and oxygen atoms in total. The Labute approximate surface area is 186 Å². The van der Waals surface area contributed by atoms with Crippen molar-refractivity contribution in [2.24, 2.45) is 0 Å². The van der Waals surface area contributed by atoms with Crippen molar-refractivity contribution in [3.05, 3.63) is 84.3 Å². The molecule has 31 heavy (non-hydrogen) atoms. The van der Waals surface area contributed by atoms with Crippen LogP contribution in [0.1, 0.15) is 11.3 Å². The van der Waals surface area contributed by atoms with Crippen molar-refractivity contribution < 1.29 is 33.3 Å². The third kappa shape index (κ3) is 7.11. The number of hydrogen-bond donors (Lipinski definition) is 3. The Morgan fingerprint density at radius 1 is 0.968 bits per heavy atom. The van der Waals surface area contributed by atoms with Crippen LogP contribution in [0, 0.1) is 10.2 Å². The molecule has 3 N–H and O–H groups in total. The molecule has 0 aliphatic rings. The molecule has 0 atom stereocenters. The number of thiazole rings is 1. The molecule has 0 aliphatic carbocycles. The summed E-state index contributed by atoms with van der Waals surface area (Å²) in [7, 11) is -0.0985. The first-order chi connectivity index (χ1) is 14.7. The van der Waals surface area contributed by atoms with Gasteiger partial charge in [0, 0.05) is 25.8 Å². The van der Waals surface area contributed by atoms with Crippen molar-refractivity contribution in [2.75, 3.05) is 19.0 Å². The minimum atomic E-state index is -4.19. The standard InChI is InChI=1S/C22H20N3S.ClH3O4/c1-24(2)20-12-9-17(10-13-20)8-11-19-14-15-25-16-21(26-22(25)23-19)18-6-4-3-5-7-18;2-1(3,4)5/h3-16H,1-2H3;2-4H/q+1;. The molecule has 0 bridgehead atoms. The van der Waals surface area contributed by atoms with Crippen LogP contribution in [0.2, 0.25) is 0 Å².